The van der Waals surface area contributed by atoms with E-state index in [9.17, 15) is 9.59 Å². The lowest BCUT2D eigenvalue weighted by atomic mass is 10.2. The molecule has 0 aliphatic carbocycles. The SMILES string of the molecule is CCNC(=NCc1cccc(NC(C)=O)c1)N1CCN(c2cnn(C)c2)C(=O)C1. The van der Waals surface area contributed by atoms with Crippen molar-refractivity contribution in [2.75, 3.05) is 36.4 Å². The van der Waals surface area contributed by atoms with E-state index in [-0.39, 0.29) is 18.4 Å². The number of amides is 2. The van der Waals surface area contributed by atoms with Crippen molar-refractivity contribution >= 4 is 29.1 Å². The number of hydrogen-bond donors (Lipinski definition) is 2. The summed E-state index contributed by atoms with van der Waals surface area (Å²) >= 11 is 0. The van der Waals surface area contributed by atoms with E-state index in [0.717, 1.165) is 16.9 Å². The van der Waals surface area contributed by atoms with Crippen LogP contribution in [0.3, 0.4) is 0 Å². The fourth-order valence-electron chi connectivity index (χ4n) is 3.22. The molecule has 9 nitrogen and oxygen atoms in total. The highest BCUT2D eigenvalue weighted by atomic mass is 16.2. The predicted octanol–water partition coefficient (Wildman–Crippen LogP) is 1.19. The second-order valence-electron chi connectivity index (χ2n) is 6.89. The number of carbonyl (C=O) groups excluding carboxylic acids is 2. The first kappa shape index (κ1) is 20.4. The number of carbonyl (C=O) groups is 2. The average molecular weight is 397 g/mol. The van der Waals surface area contributed by atoms with E-state index in [2.05, 4.69) is 15.7 Å². The summed E-state index contributed by atoms with van der Waals surface area (Å²) in [5.74, 6) is 0.614. The number of hydrogen-bond acceptors (Lipinski definition) is 4. The first-order valence-corrected chi connectivity index (χ1v) is 9.65. The summed E-state index contributed by atoms with van der Waals surface area (Å²) in [5.41, 5.74) is 2.54. The first-order valence-electron chi connectivity index (χ1n) is 9.65. The second kappa shape index (κ2) is 9.22. The third-order valence-corrected chi connectivity index (χ3v) is 4.52. The van der Waals surface area contributed by atoms with Crippen LogP contribution in [-0.4, -0.2) is 58.6 Å². The second-order valence-corrected chi connectivity index (χ2v) is 6.89. The number of aryl methyl sites for hydroxylation is 1. The van der Waals surface area contributed by atoms with Crippen LogP contribution < -0.4 is 15.5 Å². The zero-order valence-corrected chi connectivity index (χ0v) is 17.1. The Kier molecular flexibility index (Phi) is 6.48. The number of rotatable bonds is 5. The maximum Gasteiger partial charge on any atom is 0.246 e. The van der Waals surface area contributed by atoms with E-state index < -0.39 is 0 Å². The summed E-state index contributed by atoms with van der Waals surface area (Å²) in [6.07, 6.45) is 3.55. The van der Waals surface area contributed by atoms with Gasteiger partial charge in [-0.3, -0.25) is 14.3 Å². The third kappa shape index (κ3) is 5.34. The summed E-state index contributed by atoms with van der Waals surface area (Å²) in [4.78, 5) is 32.3. The van der Waals surface area contributed by atoms with Gasteiger partial charge in [0.1, 0.15) is 6.54 Å². The Bertz CT molecular complexity index is 906. The largest absolute Gasteiger partial charge is 0.356 e. The molecular weight excluding hydrogens is 370 g/mol. The van der Waals surface area contributed by atoms with Crippen LogP contribution in [0.2, 0.25) is 0 Å². The Labute approximate surface area is 170 Å². The van der Waals surface area contributed by atoms with Gasteiger partial charge in [0.15, 0.2) is 5.96 Å². The lowest BCUT2D eigenvalue weighted by Crippen LogP contribution is -2.55. The maximum absolute atomic E-state index is 12.7. The molecule has 154 valence electrons. The first-order chi connectivity index (χ1) is 14.0. The van der Waals surface area contributed by atoms with E-state index in [1.54, 1.807) is 15.8 Å². The van der Waals surface area contributed by atoms with Crippen LogP contribution in [0.5, 0.6) is 0 Å². The smallest absolute Gasteiger partial charge is 0.246 e. The van der Waals surface area contributed by atoms with Crippen molar-refractivity contribution in [3.05, 3.63) is 42.2 Å². The van der Waals surface area contributed by atoms with Crippen molar-refractivity contribution in [2.24, 2.45) is 12.0 Å². The molecule has 0 spiro atoms. The molecule has 1 aliphatic heterocycles. The minimum atomic E-state index is -0.107. The minimum Gasteiger partial charge on any atom is -0.356 e. The molecule has 29 heavy (non-hydrogen) atoms. The van der Waals surface area contributed by atoms with E-state index in [1.165, 1.54) is 6.92 Å². The van der Waals surface area contributed by atoms with Crippen LogP contribution in [0.15, 0.2) is 41.7 Å². The molecular formula is C20H27N7O2. The molecule has 0 atom stereocenters. The van der Waals surface area contributed by atoms with Crippen molar-refractivity contribution in [3.8, 4) is 0 Å². The summed E-state index contributed by atoms with van der Waals surface area (Å²) in [6, 6.07) is 7.60. The molecule has 0 bridgehead atoms. The lowest BCUT2D eigenvalue weighted by molar-refractivity contribution is -0.120. The molecule has 3 rings (SSSR count). The Balaban J connectivity index is 1.68. The van der Waals surface area contributed by atoms with E-state index in [0.29, 0.717) is 32.1 Å². The standard InChI is InChI=1S/C20H27N7O2/c1-4-21-20(22-11-16-6-5-7-17(10-16)24-15(2)28)26-8-9-27(19(29)14-26)18-12-23-25(3)13-18/h5-7,10,12-13H,4,8-9,11,14H2,1-3H3,(H,21,22)(H,24,28). The monoisotopic (exact) mass is 397 g/mol. The van der Waals surface area contributed by atoms with Crippen molar-refractivity contribution < 1.29 is 9.59 Å². The van der Waals surface area contributed by atoms with Crippen LogP contribution in [0.4, 0.5) is 11.4 Å². The maximum atomic E-state index is 12.7. The van der Waals surface area contributed by atoms with Gasteiger partial charge in [-0.1, -0.05) is 12.1 Å². The molecule has 1 fully saturated rings. The molecule has 2 heterocycles. The molecule has 2 N–H and O–H groups in total. The molecule has 9 heteroatoms. The number of nitrogens with zero attached hydrogens (tertiary/aromatic N) is 5. The van der Waals surface area contributed by atoms with Gasteiger partial charge in [0, 0.05) is 45.5 Å². The summed E-state index contributed by atoms with van der Waals surface area (Å²) < 4.78 is 1.69. The predicted molar refractivity (Wildman–Crippen MR) is 113 cm³/mol. The van der Waals surface area contributed by atoms with Crippen LogP contribution in [0.25, 0.3) is 0 Å². The zero-order chi connectivity index (χ0) is 20.8. The van der Waals surface area contributed by atoms with Crippen LogP contribution in [-0.2, 0) is 23.2 Å². The van der Waals surface area contributed by atoms with Crippen LogP contribution in [0.1, 0.15) is 19.4 Å². The molecule has 2 aromatic rings. The van der Waals surface area contributed by atoms with Gasteiger partial charge < -0.3 is 20.4 Å². The van der Waals surface area contributed by atoms with Gasteiger partial charge in [0.2, 0.25) is 11.8 Å². The van der Waals surface area contributed by atoms with Crippen molar-refractivity contribution in [3.63, 3.8) is 0 Å². The number of aliphatic imine (C=N–C) groups is 1. The molecule has 1 aliphatic rings. The topological polar surface area (TPSA) is 94.9 Å². The van der Waals surface area contributed by atoms with E-state index in [1.807, 2.05) is 49.3 Å². The number of anilines is 2. The van der Waals surface area contributed by atoms with Crippen molar-refractivity contribution in [1.29, 1.82) is 0 Å². The Morgan fingerprint density at radius 2 is 2.14 bits per heavy atom. The fraction of sp³-hybridized carbons (Fsp3) is 0.400. The Morgan fingerprint density at radius 1 is 1.31 bits per heavy atom. The molecule has 1 aromatic carbocycles. The normalized spacial score (nSPS) is 14.9. The van der Waals surface area contributed by atoms with E-state index in [4.69, 9.17) is 4.99 Å². The van der Waals surface area contributed by atoms with Crippen LogP contribution >= 0.6 is 0 Å². The highest BCUT2D eigenvalue weighted by Crippen LogP contribution is 2.16. The molecule has 1 aromatic heterocycles. The Hall–Kier alpha value is -3.36. The molecule has 0 radical (unpaired) electrons. The lowest BCUT2D eigenvalue weighted by Gasteiger charge is -2.35. The van der Waals surface area contributed by atoms with Gasteiger partial charge in [0.25, 0.3) is 0 Å². The highest BCUT2D eigenvalue weighted by Gasteiger charge is 2.27. The van der Waals surface area contributed by atoms with Gasteiger partial charge in [-0.15, -0.1) is 0 Å². The molecule has 2 amide bonds. The molecule has 0 saturated carbocycles. The number of piperazine rings is 1. The number of benzene rings is 1. The van der Waals surface area contributed by atoms with Gasteiger partial charge in [-0.25, -0.2) is 4.99 Å². The van der Waals surface area contributed by atoms with Crippen molar-refractivity contribution in [1.82, 2.24) is 20.0 Å². The highest BCUT2D eigenvalue weighted by molar-refractivity contribution is 5.98. The number of guanidine groups is 1. The minimum absolute atomic E-state index is 0.0162. The van der Waals surface area contributed by atoms with Crippen molar-refractivity contribution in [2.45, 2.75) is 20.4 Å². The summed E-state index contributed by atoms with van der Waals surface area (Å²) in [5, 5.41) is 10.2. The Morgan fingerprint density at radius 3 is 2.79 bits per heavy atom. The fourth-order valence-corrected chi connectivity index (χ4v) is 3.22. The third-order valence-electron chi connectivity index (χ3n) is 4.52. The summed E-state index contributed by atoms with van der Waals surface area (Å²) in [7, 11) is 1.83. The van der Waals surface area contributed by atoms with Gasteiger partial charge in [0.05, 0.1) is 18.4 Å². The molecule has 0 unspecified atom stereocenters. The van der Waals surface area contributed by atoms with E-state index >= 15 is 0 Å². The quantitative estimate of drug-likeness (QED) is 0.584. The van der Waals surface area contributed by atoms with Gasteiger partial charge >= 0.3 is 0 Å². The van der Waals surface area contributed by atoms with Gasteiger partial charge in [-0.05, 0) is 24.6 Å². The van der Waals surface area contributed by atoms with Crippen LogP contribution in [0, 0.1) is 0 Å². The number of nitrogens with one attached hydrogen (secondary N) is 2. The zero-order valence-electron chi connectivity index (χ0n) is 17.1. The summed E-state index contributed by atoms with van der Waals surface area (Å²) in [6.45, 7) is 6.16. The molecule has 1 saturated heterocycles. The van der Waals surface area contributed by atoms with Gasteiger partial charge in [-0.2, -0.15) is 5.10 Å². The number of aromatic nitrogens is 2. The average Bonchev–Trinajstić information content (AvgIpc) is 3.11.